The van der Waals surface area contributed by atoms with E-state index in [1.165, 1.54) is 80.4 Å². The molecule has 3 nitrogen and oxygen atoms in total. The molecule has 0 heterocycles. The van der Waals surface area contributed by atoms with Crippen molar-refractivity contribution in [2.24, 2.45) is 0 Å². The topological polar surface area (TPSA) is 27.7 Å². The normalized spacial score (nSPS) is 11.5. The van der Waals surface area contributed by atoms with Gasteiger partial charge in [0.05, 0.1) is 42.4 Å². The molecule has 0 spiro atoms. The monoisotopic (exact) mass is 850 g/mol. The number of rotatable bonds is 27. The summed E-state index contributed by atoms with van der Waals surface area (Å²) < 4.78 is 17.9. The third-order valence-corrected chi connectivity index (χ3v) is 11.4. The zero-order chi connectivity index (χ0) is 44.4. The maximum absolute atomic E-state index is 5.95. The van der Waals surface area contributed by atoms with Gasteiger partial charge in [-0.1, -0.05) is 151 Å². The van der Waals surface area contributed by atoms with E-state index in [9.17, 15) is 0 Å². The molecule has 0 amide bonds. The first kappa shape index (κ1) is 47.3. The van der Waals surface area contributed by atoms with Crippen molar-refractivity contribution in [3.8, 4) is 17.2 Å². The van der Waals surface area contributed by atoms with Crippen LogP contribution >= 0.6 is 0 Å². The van der Waals surface area contributed by atoms with Gasteiger partial charge in [0.1, 0.15) is 17.2 Å². The maximum Gasteiger partial charge on any atom is 0.119 e. The van der Waals surface area contributed by atoms with Gasteiger partial charge in [0.15, 0.2) is 0 Å². The van der Waals surface area contributed by atoms with Crippen LogP contribution in [0.25, 0.3) is 36.5 Å². The van der Waals surface area contributed by atoms with Gasteiger partial charge in [-0.25, -0.2) is 0 Å². The Kier molecular flexibility index (Phi) is 20.0. The van der Waals surface area contributed by atoms with E-state index in [2.05, 4.69) is 203 Å². The molecule has 6 aromatic carbocycles. The summed E-state index contributed by atoms with van der Waals surface area (Å²) in [5.74, 6) is 3.99. The second-order valence-electron chi connectivity index (χ2n) is 16.7. The summed E-state index contributed by atoms with van der Waals surface area (Å²) >= 11 is 0. The van der Waals surface area contributed by atoms with E-state index in [-0.39, 0.29) is 0 Å². The second kappa shape index (κ2) is 27.1. The third-order valence-electron chi connectivity index (χ3n) is 11.4. The fourth-order valence-corrected chi connectivity index (χ4v) is 7.54. The fraction of sp³-hybridized carbons (Fsp3) is 0.295. The van der Waals surface area contributed by atoms with E-state index < -0.39 is 0 Å². The molecule has 0 saturated carbocycles. The van der Waals surface area contributed by atoms with E-state index in [1.807, 2.05) is 0 Å². The Morgan fingerprint density at radius 3 is 0.719 bits per heavy atom. The lowest BCUT2D eigenvalue weighted by molar-refractivity contribution is 0.305. The van der Waals surface area contributed by atoms with Crippen LogP contribution in [0.4, 0.5) is 0 Å². The van der Waals surface area contributed by atoms with Gasteiger partial charge < -0.3 is 14.2 Å². The Hall–Kier alpha value is -6.19. The summed E-state index contributed by atoms with van der Waals surface area (Å²) in [7, 11) is 0. The Bertz CT molecular complexity index is 2000. The van der Waals surface area contributed by atoms with Crippen molar-refractivity contribution in [1.82, 2.24) is 0 Å². The van der Waals surface area contributed by atoms with Gasteiger partial charge >= 0.3 is 0 Å². The molecular formula is C61H69O3+. The Morgan fingerprint density at radius 2 is 0.500 bits per heavy atom. The van der Waals surface area contributed by atoms with Crippen molar-refractivity contribution in [1.29, 1.82) is 0 Å². The molecule has 0 aliphatic carbocycles. The van der Waals surface area contributed by atoms with Gasteiger partial charge in [0.25, 0.3) is 0 Å². The molecule has 0 bridgehead atoms. The van der Waals surface area contributed by atoms with E-state index in [1.54, 1.807) is 0 Å². The standard InChI is InChI=1S/C61H69O3/c1-4-7-10-13-46-62-58-40-28-52(29-41-58)19-16-49-22-34-55(35-23-49)61(56-36-24-50(25-37-56)17-20-53-30-42-59(43-31-53)63-47-14-11-8-5-2)57-38-26-51(27-39-57)18-21-54-32-44-60(45-33-54)64-48-15-12-9-6-3/h16-45H,4-15,46-48H2,1-3H3/q+1/b19-16+,20-17+,21-18+. The van der Waals surface area contributed by atoms with E-state index in [4.69, 9.17) is 14.2 Å². The molecule has 0 atom stereocenters. The van der Waals surface area contributed by atoms with Crippen molar-refractivity contribution < 1.29 is 14.2 Å². The Morgan fingerprint density at radius 1 is 0.281 bits per heavy atom. The van der Waals surface area contributed by atoms with Crippen LogP contribution in [0, 0.1) is 5.92 Å². The van der Waals surface area contributed by atoms with Gasteiger partial charge in [-0.3, -0.25) is 0 Å². The van der Waals surface area contributed by atoms with E-state index in [0.717, 1.165) is 89.7 Å². The van der Waals surface area contributed by atoms with Crippen LogP contribution in [0.5, 0.6) is 17.2 Å². The van der Waals surface area contributed by atoms with Crippen LogP contribution in [0.3, 0.4) is 0 Å². The molecule has 0 aromatic heterocycles. The molecule has 0 radical (unpaired) electrons. The van der Waals surface area contributed by atoms with Crippen molar-refractivity contribution in [3.63, 3.8) is 0 Å². The maximum atomic E-state index is 5.95. The quantitative estimate of drug-likeness (QED) is 0.0224. The highest BCUT2D eigenvalue weighted by Crippen LogP contribution is 2.32. The van der Waals surface area contributed by atoms with Crippen molar-refractivity contribution in [2.45, 2.75) is 97.8 Å². The molecule has 0 saturated heterocycles. The van der Waals surface area contributed by atoms with Crippen LogP contribution in [0.2, 0.25) is 0 Å². The minimum absolute atomic E-state index is 0.776. The lowest BCUT2D eigenvalue weighted by atomic mass is 9.84. The molecule has 330 valence electrons. The highest BCUT2D eigenvalue weighted by atomic mass is 16.5. The summed E-state index contributed by atoms with van der Waals surface area (Å²) in [5.41, 5.74) is 10.4. The molecule has 64 heavy (non-hydrogen) atoms. The first-order valence-corrected chi connectivity index (χ1v) is 24.0. The minimum atomic E-state index is 0.776. The smallest absolute Gasteiger partial charge is 0.119 e. The van der Waals surface area contributed by atoms with Gasteiger partial charge in [-0.15, -0.1) is 0 Å². The molecular weight excluding hydrogens is 781 g/mol. The zero-order valence-electron chi connectivity index (χ0n) is 38.7. The largest absolute Gasteiger partial charge is 0.494 e. The average Bonchev–Trinajstić information content (AvgIpc) is 3.34. The van der Waals surface area contributed by atoms with E-state index >= 15 is 0 Å². The minimum Gasteiger partial charge on any atom is -0.494 e. The first-order valence-electron chi connectivity index (χ1n) is 24.0. The summed E-state index contributed by atoms with van der Waals surface area (Å²) in [6.07, 6.45) is 27.5. The molecule has 6 rings (SSSR count). The number of unbranched alkanes of at least 4 members (excludes halogenated alkanes) is 9. The Labute approximate surface area is 385 Å². The number of ether oxygens (including phenoxy) is 3. The SMILES string of the molecule is CCCCCCOc1ccc(/C=C/c2ccc([C+](c3ccc(/C=C/c4ccc(OCCCCCC)cc4)cc3)c3ccc(/C=C/c4ccc(OCCCCCC)cc4)cc3)cc2)cc1. The lowest BCUT2D eigenvalue weighted by Crippen LogP contribution is -2.04. The molecule has 0 unspecified atom stereocenters. The fourth-order valence-electron chi connectivity index (χ4n) is 7.54. The van der Waals surface area contributed by atoms with Gasteiger partial charge in [0.2, 0.25) is 0 Å². The molecule has 0 fully saturated rings. The predicted molar refractivity (Wildman–Crippen MR) is 275 cm³/mol. The predicted octanol–water partition coefficient (Wildman–Crippen LogP) is 17.1. The number of benzene rings is 6. The van der Waals surface area contributed by atoms with Crippen molar-refractivity contribution >= 4 is 36.5 Å². The molecule has 0 aliphatic rings. The van der Waals surface area contributed by atoms with Crippen molar-refractivity contribution in [3.05, 3.63) is 202 Å². The summed E-state index contributed by atoms with van der Waals surface area (Å²) in [6, 6.07) is 51.8. The number of hydrogen-bond acceptors (Lipinski definition) is 3. The molecule has 0 aliphatic heterocycles. The van der Waals surface area contributed by atoms with Gasteiger partial charge in [0, 0.05) is 0 Å². The molecule has 0 N–H and O–H groups in total. The molecule has 6 aromatic rings. The van der Waals surface area contributed by atoms with Crippen molar-refractivity contribution in [2.75, 3.05) is 19.8 Å². The number of hydrogen-bond donors (Lipinski definition) is 0. The summed E-state index contributed by atoms with van der Waals surface area (Å²) in [5, 5.41) is 0. The van der Waals surface area contributed by atoms with Crippen LogP contribution in [0.1, 0.15) is 148 Å². The first-order chi connectivity index (χ1) is 31.6. The van der Waals surface area contributed by atoms with Crippen LogP contribution in [-0.4, -0.2) is 19.8 Å². The van der Waals surface area contributed by atoms with Crippen LogP contribution < -0.4 is 14.2 Å². The van der Waals surface area contributed by atoms with Crippen LogP contribution in [0.15, 0.2) is 146 Å². The second-order valence-corrected chi connectivity index (χ2v) is 16.7. The summed E-state index contributed by atoms with van der Waals surface area (Å²) in [6.45, 7) is 9.03. The Balaban J connectivity index is 1.14. The molecule has 3 heteroatoms. The zero-order valence-corrected chi connectivity index (χ0v) is 38.7. The van der Waals surface area contributed by atoms with Gasteiger partial charge in [-0.05, 0) is 162 Å². The lowest BCUT2D eigenvalue weighted by Gasteiger charge is -2.14. The highest BCUT2D eigenvalue weighted by molar-refractivity contribution is 5.73. The third kappa shape index (κ3) is 16.2. The highest BCUT2D eigenvalue weighted by Gasteiger charge is 2.22. The van der Waals surface area contributed by atoms with E-state index in [0.29, 0.717) is 0 Å². The average molecular weight is 850 g/mol. The van der Waals surface area contributed by atoms with Gasteiger partial charge in [-0.2, -0.15) is 0 Å². The summed E-state index contributed by atoms with van der Waals surface area (Å²) in [4.78, 5) is 0. The van der Waals surface area contributed by atoms with Crippen LogP contribution in [-0.2, 0) is 0 Å².